The van der Waals surface area contributed by atoms with Crippen molar-refractivity contribution in [1.29, 1.82) is 0 Å². The lowest BCUT2D eigenvalue weighted by molar-refractivity contribution is 0.362. The molecule has 1 atom stereocenters. The molecule has 1 aromatic rings. The van der Waals surface area contributed by atoms with Crippen molar-refractivity contribution in [3.8, 4) is 0 Å². The lowest BCUT2D eigenvalue weighted by Gasteiger charge is -2.32. The summed E-state index contributed by atoms with van der Waals surface area (Å²) in [6.45, 7) is 8.67. The van der Waals surface area contributed by atoms with Crippen LogP contribution in [-0.2, 0) is 5.41 Å². The Bertz CT molecular complexity index is 340. The minimum absolute atomic E-state index is 0.107. The fourth-order valence-corrected chi connectivity index (χ4v) is 1.97. The molecule has 0 saturated heterocycles. The maximum absolute atomic E-state index is 12.9. The van der Waals surface area contributed by atoms with Crippen LogP contribution >= 0.6 is 0 Å². The summed E-state index contributed by atoms with van der Waals surface area (Å²) >= 11 is 0. The van der Waals surface area contributed by atoms with E-state index in [1.807, 2.05) is 12.1 Å². The molecule has 17 heavy (non-hydrogen) atoms. The van der Waals surface area contributed by atoms with E-state index in [0.29, 0.717) is 5.92 Å². The van der Waals surface area contributed by atoms with Gasteiger partial charge in [-0.15, -0.1) is 0 Å². The van der Waals surface area contributed by atoms with Crippen LogP contribution in [0.1, 0.15) is 46.1 Å². The van der Waals surface area contributed by atoms with Gasteiger partial charge in [-0.05, 0) is 36.5 Å². The first kappa shape index (κ1) is 14.2. The molecule has 2 N–H and O–H groups in total. The van der Waals surface area contributed by atoms with Gasteiger partial charge in [0.25, 0.3) is 0 Å². The van der Waals surface area contributed by atoms with Crippen molar-refractivity contribution in [1.82, 2.24) is 0 Å². The number of benzene rings is 1. The molecule has 1 rings (SSSR count). The monoisotopic (exact) mass is 237 g/mol. The standard InChI is InChI=1S/C15H24FN/c1-11(2)5-10-14(17)15(3,4)12-6-8-13(16)9-7-12/h6-9,11,14H,5,10,17H2,1-4H3. The first-order valence-corrected chi connectivity index (χ1v) is 6.35. The maximum Gasteiger partial charge on any atom is 0.123 e. The molecule has 0 amide bonds. The molecular formula is C15H24FN. The Labute approximate surface area is 104 Å². The first-order valence-electron chi connectivity index (χ1n) is 6.35. The molecule has 0 bridgehead atoms. The predicted octanol–water partition coefficient (Wildman–Crippen LogP) is 3.87. The normalized spacial score (nSPS) is 14.1. The van der Waals surface area contributed by atoms with Gasteiger partial charge in [-0.25, -0.2) is 4.39 Å². The lowest BCUT2D eigenvalue weighted by Crippen LogP contribution is -2.41. The fraction of sp³-hybridized carbons (Fsp3) is 0.600. The van der Waals surface area contributed by atoms with Crippen LogP contribution in [0.3, 0.4) is 0 Å². The lowest BCUT2D eigenvalue weighted by atomic mass is 9.76. The van der Waals surface area contributed by atoms with Gasteiger partial charge in [0.15, 0.2) is 0 Å². The Morgan fingerprint density at radius 2 is 1.65 bits per heavy atom. The quantitative estimate of drug-likeness (QED) is 0.826. The Morgan fingerprint density at radius 1 is 1.12 bits per heavy atom. The second kappa shape index (κ2) is 5.63. The molecule has 1 nitrogen and oxygen atoms in total. The number of nitrogens with two attached hydrogens (primary N) is 1. The van der Waals surface area contributed by atoms with Gasteiger partial charge in [-0.1, -0.05) is 39.8 Å². The zero-order valence-electron chi connectivity index (χ0n) is 11.3. The van der Waals surface area contributed by atoms with Gasteiger partial charge in [-0.2, -0.15) is 0 Å². The zero-order valence-corrected chi connectivity index (χ0v) is 11.3. The topological polar surface area (TPSA) is 26.0 Å². The van der Waals surface area contributed by atoms with E-state index in [9.17, 15) is 4.39 Å². The van der Waals surface area contributed by atoms with Crippen LogP contribution in [0.5, 0.6) is 0 Å². The number of halogens is 1. The highest BCUT2D eigenvalue weighted by molar-refractivity contribution is 5.26. The van der Waals surface area contributed by atoms with E-state index in [1.165, 1.54) is 12.1 Å². The molecule has 0 spiro atoms. The van der Waals surface area contributed by atoms with E-state index in [1.54, 1.807) is 0 Å². The summed E-state index contributed by atoms with van der Waals surface area (Å²) in [6, 6.07) is 6.79. The van der Waals surface area contributed by atoms with Crippen molar-refractivity contribution in [2.24, 2.45) is 11.7 Å². The summed E-state index contributed by atoms with van der Waals surface area (Å²) in [5.74, 6) is 0.477. The Balaban J connectivity index is 2.75. The molecule has 0 aliphatic carbocycles. The molecule has 1 unspecified atom stereocenters. The minimum Gasteiger partial charge on any atom is -0.327 e. The molecule has 96 valence electrons. The van der Waals surface area contributed by atoms with Gasteiger partial charge in [0.05, 0.1) is 0 Å². The molecule has 0 aliphatic rings. The van der Waals surface area contributed by atoms with Gasteiger partial charge in [-0.3, -0.25) is 0 Å². The Hall–Kier alpha value is -0.890. The van der Waals surface area contributed by atoms with Gasteiger partial charge < -0.3 is 5.73 Å². The molecule has 2 heteroatoms. The SMILES string of the molecule is CC(C)CCC(N)C(C)(C)c1ccc(F)cc1. The summed E-state index contributed by atoms with van der Waals surface area (Å²) in [4.78, 5) is 0. The highest BCUT2D eigenvalue weighted by Crippen LogP contribution is 2.29. The van der Waals surface area contributed by atoms with Gasteiger partial charge >= 0.3 is 0 Å². The third-order valence-corrected chi connectivity index (χ3v) is 3.57. The Morgan fingerprint density at radius 3 is 2.12 bits per heavy atom. The third-order valence-electron chi connectivity index (χ3n) is 3.57. The molecule has 0 aliphatic heterocycles. The van der Waals surface area contributed by atoms with E-state index in [-0.39, 0.29) is 17.3 Å². The van der Waals surface area contributed by atoms with Gasteiger partial charge in [0.2, 0.25) is 0 Å². The van der Waals surface area contributed by atoms with Crippen molar-refractivity contribution in [2.75, 3.05) is 0 Å². The summed E-state index contributed by atoms with van der Waals surface area (Å²) in [6.07, 6.45) is 2.13. The number of hydrogen-bond donors (Lipinski definition) is 1. The van der Waals surface area contributed by atoms with Crippen molar-refractivity contribution < 1.29 is 4.39 Å². The highest BCUT2D eigenvalue weighted by atomic mass is 19.1. The number of hydrogen-bond acceptors (Lipinski definition) is 1. The smallest absolute Gasteiger partial charge is 0.123 e. The van der Waals surface area contributed by atoms with E-state index < -0.39 is 0 Å². The largest absolute Gasteiger partial charge is 0.327 e. The average molecular weight is 237 g/mol. The molecule has 0 heterocycles. The van der Waals surface area contributed by atoms with Crippen molar-refractivity contribution >= 4 is 0 Å². The predicted molar refractivity (Wildman–Crippen MR) is 71.5 cm³/mol. The van der Waals surface area contributed by atoms with Crippen LogP contribution in [0.25, 0.3) is 0 Å². The summed E-state index contributed by atoms with van der Waals surface area (Å²) in [5, 5.41) is 0. The van der Waals surface area contributed by atoms with E-state index in [0.717, 1.165) is 18.4 Å². The van der Waals surface area contributed by atoms with Crippen LogP contribution in [-0.4, -0.2) is 6.04 Å². The molecule has 1 aromatic carbocycles. The summed E-state index contributed by atoms with van der Waals surface area (Å²) in [7, 11) is 0. The van der Waals surface area contributed by atoms with Crippen LogP contribution < -0.4 is 5.73 Å². The molecule has 0 aromatic heterocycles. The average Bonchev–Trinajstić information content (AvgIpc) is 2.26. The van der Waals surface area contributed by atoms with Crippen molar-refractivity contribution in [3.63, 3.8) is 0 Å². The van der Waals surface area contributed by atoms with Gasteiger partial charge in [0.1, 0.15) is 5.82 Å². The summed E-state index contributed by atoms with van der Waals surface area (Å²) < 4.78 is 12.9. The minimum atomic E-state index is -0.194. The maximum atomic E-state index is 12.9. The molecule has 0 fully saturated rings. The molecule has 0 saturated carbocycles. The van der Waals surface area contributed by atoms with Gasteiger partial charge in [0, 0.05) is 11.5 Å². The highest BCUT2D eigenvalue weighted by Gasteiger charge is 2.28. The zero-order chi connectivity index (χ0) is 13.1. The second-order valence-corrected chi connectivity index (χ2v) is 5.81. The van der Waals surface area contributed by atoms with Crippen molar-refractivity contribution in [2.45, 2.75) is 52.0 Å². The Kier molecular flexibility index (Phi) is 4.70. The van der Waals surface area contributed by atoms with E-state index in [2.05, 4.69) is 27.7 Å². The molecular weight excluding hydrogens is 213 g/mol. The number of rotatable bonds is 5. The van der Waals surface area contributed by atoms with Crippen LogP contribution in [0.4, 0.5) is 4.39 Å². The third kappa shape index (κ3) is 3.81. The molecule has 0 radical (unpaired) electrons. The van der Waals surface area contributed by atoms with Crippen LogP contribution in [0, 0.1) is 11.7 Å². The first-order chi connectivity index (χ1) is 7.84. The summed E-state index contributed by atoms with van der Waals surface area (Å²) in [5.41, 5.74) is 7.27. The van der Waals surface area contributed by atoms with E-state index in [4.69, 9.17) is 5.73 Å². The fourth-order valence-electron chi connectivity index (χ4n) is 1.97. The van der Waals surface area contributed by atoms with Crippen molar-refractivity contribution in [3.05, 3.63) is 35.6 Å². The second-order valence-electron chi connectivity index (χ2n) is 5.81. The van der Waals surface area contributed by atoms with E-state index >= 15 is 0 Å². The van der Waals surface area contributed by atoms with Crippen LogP contribution in [0.2, 0.25) is 0 Å². The van der Waals surface area contributed by atoms with Crippen LogP contribution in [0.15, 0.2) is 24.3 Å².